The molecular weight excluding hydrogens is 246 g/mol. The van der Waals surface area contributed by atoms with Crippen molar-refractivity contribution in [2.75, 3.05) is 12.4 Å². The summed E-state index contributed by atoms with van der Waals surface area (Å²) in [5.41, 5.74) is 5.13. The minimum absolute atomic E-state index is 0.359. The van der Waals surface area contributed by atoms with Crippen molar-refractivity contribution in [1.29, 1.82) is 0 Å². The fourth-order valence-corrected chi connectivity index (χ4v) is 3.13. The van der Waals surface area contributed by atoms with Gasteiger partial charge in [0.25, 0.3) is 0 Å². The van der Waals surface area contributed by atoms with Gasteiger partial charge in [-0.05, 0) is 30.4 Å². The molecule has 104 valence electrons. The van der Waals surface area contributed by atoms with Gasteiger partial charge < -0.3 is 5.32 Å². The van der Waals surface area contributed by atoms with Crippen LogP contribution in [-0.2, 0) is 6.42 Å². The maximum absolute atomic E-state index is 4.77. The molecule has 0 fully saturated rings. The lowest BCUT2D eigenvalue weighted by Gasteiger charge is -2.29. The third-order valence-corrected chi connectivity index (χ3v) is 4.13. The molecule has 1 heterocycles. The van der Waals surface area contributed by atoms with E-state index in [2.05, 4.69) is 50.4 Å². The zero-order valence-electron chi connectivity index (χ0n) is 12.6. The first-order valence-electron chi connectivity index (χ1n) is 7.25. The molecule has 0 spiro atoms. The van der Waals surface area contributed by atoms with E-state index >= 15 is 0 Å². The van der Waals surface area contributed by atoms with Gasteiger partial charge in [0.2, 0.25) is 0 Å². The maximum Gasteiger partial charge on any atom is 0.138 e. The Balaban J connectivity index is 2.03. The summed E-state index contributed by atoms with van der Waals surface area (Å²) in [6.07, 6.45) is 1.06. The predicted molar refractivity (Wildman–Crippen MR) is 82.4 cm³/mol. The normalized spacial score (nSPS) is 16.8. The SMILES string of the molecule is CNc1nc(C2Cc3ccccc32)nc(C)c1C(C)C. The van der Waals surface area contributed by atoms with Crippen LogP contribution in [0.15, 0.2) is 24.3 Å². The van der Waals surface area contributed by atoms with Crippen LogP contribution in [0.2, 0.25) is 0 Å². The van der Waals surface area contributed by atoms with Crippen molar-refractivity contribution < 1.29 is 0 Å². The highest BCUT2D eigenvalue weighted by molar-refractivity contribution is 5.51. The first-order valence-corrected chi connectivity index (χ1v) is 7.25. The monoisotopic (exact) mass is 267 g/mol. The Morgan fingerprint density at radius 2 is 1.95 bits per heavy atom. The van der Waals surface area contributed by atoms with Gasteiger partial charge in [0.15, 0.2) is 0 Å². The summed E-state index contributed by atoms with van der Waals surface area (Å²) in [4.78, 5) is 9.54. The van der Waals surface area contributed by atoms with Crippen LogP contribution < -0.4 is 5.32 Å². The number of nitrogens with one attached hydrogen (secondary N) is 1. The molecule has 0 radical (unpaired) electrons. The van der Waals surface area contributed by atoms with Crippen molar-refractivity contribution in [1.82, 2.24) is 9.97 Å². The molecule has 3 nitrogen and oxygen atoms in total. The van der Waals surface area contributed by atoms with Gasteiger partial charge in [-0.25, -0.2) is 9.97 Å². The molecule has 0 saturated heterocycles. The molecule has 1 N–H and O–H groups in total. The molecule has 20 heavy (non-hydrogen) atoms. The number of benzene rings is 1. The summed E-state index contributed by atoms with van der Waals surface area (Å²) in [6.45, 7) is 6.46. The number of nitrogens with zero attached hydrogens (tertiary/aromatic N) is 2. The highest BCUT2D eigenvalue weighted by Gasteiger charge is 2.30. The van der Waals surface area contributed by atoms with Gasteiger partial charge in [0.05, 0.1) is 0 Å². The number of hydrogen-bond acceptors (Lipinski definition) is 3. The first kappa shape index (κ1) is 13.1. The average Bonchev–Trinajstić information content (AvgIpc) is 2.39. The summed E-state index contributed by atoms with van der Waals surface area (Å²) < 4.78 is 0. The largest absolute Gasteiger partial charge is 0.373 e. The fraction of sp³-hybridized carbons (Fsp3) is 0.412. The summed E-state index contributed by atoms with van der Waals surface area (Å²) >= 11 is 0. The first-order chi connectivity index (χ1) is 9.61. The van der Waals surface area contributed by atoms with Crippen LogP contribution in [0, 0.1) is 6.92 Å². The van der Waals surface area contributed by atoms with Crippen LogP contribution in [0.1, 0.15) is 53.9 Å². The second kappa shape index (κ2) is 4.89. The molecule has 1 aliphatic rings. The van der Waals surface area contributed by atoms with Gasteiger partial charge >= 0.3 is 0 Å². The molecule has 0 saturated carbocycles. The molecule has 1 aromatic heterocycles. The zero-order valence-corrected chi connectivity index (χ0v) is 12.6. The molecule has 2 aromatic rings. The Bertz CT molecular complexity index is 647. The molecule has 0 amide bonds. The summed E-state index contributed by atoms with van der Waals surface area (Å²) in [7, 11) is 1.94. The lowest BCUT2D eigenvalue weighted by molar-refractivity contribution is 0.652. The van der Waals surface area contributed by atoms with Crippen molar-refractivity contribution >= 4 is 5.82 Å². The minimum atomic E-state index is 0.359. The maximum atomic E-state index is 4.77. The Labute approximate surface area is 120 Å². The number of rotatable bonds is 3. The quantitative estimate of drug-likeness (QED) is 0.922. The van der Waals surface area contributed by atoms with Gasteiger partial charge in [-0.1, -0.05) is 38.1 Å². The molecule has 1 atom stereocenters. The van der Waals surface area contributed by atoms with E-state index in [4.69, 9.17) is 9.97 Å². The summed E-state index contributed by atoms with van der Waals surface area (Å²) in [5, 5.41) is 3.23. The molecule has 3 heteroatoms. The molecule has 1 aliphatic carbocycles. The van der Waals surface area contributed by atoms with Crippen molar-refractivity contribution in [3.05, 3.63) is 52.5 Å². The third-order valence-electron chi connectivity index (χ3n) is 4.13. The zero-order chi connectivity index (χ0) is 14.3. The lowest BCUT2D eigenvalue weighted by atomic mass is 9.77. The van der Waals surface area contributed by atoms with Gasteiger partial charge in [-0.2, -0.15) is 0 Å². The van der Waals surface area contributed by atoms with E-state index in [1.54, 1.807) is 0 Å². The molecule has 0 aliphatic heterocycles. The minimum Gasteiger partial charge on any atom is -0.373 e. The number of hydrogen-bond donors (Lipinski definition) is 1. The van der Waals surface area contributed by atoms with E-state index in [-0.39, 0.29) is 0 Å². The number of fused-ring (bicyclic) bond motifs is 1. The number of aromatic nitrogens is 2. The van der Waals surface area contributed by atoms with Gasteiger partial charge in [-0.15, -0.1) is 0 Å². The highest BCUT2D eigenvalue weighted by Crippen LogP contribution is 2.39. The molecule has 1 aromatic carbocycles. The predicted octanol–water partition coefficient (Wildman–Crippen LogP) is 3.64. The standard InChI is InChI=1S/C17H21N3/c1-10(2)15-11(3)19-16(20-17(15)18-4)14-9-12-7-5-6-8-13(12)14/h5-8,10,14H,9H2,1-4H3,(H,18,19,20). The Hall–Kier alpha value is -1.90. The lowest BCUT2D eigenvalue weighted by Crippen LogP contribution is -2.22. The third kappa shape index (κ3) is 1.98. The van der Waals surface area contributed by atoms with Crippen molar-refractivity contribution in [2.24, 2.45) is 0 Å². The second-order valence-corrected chi connectivity index (χ2v) is 5.79. The van der Waals surface area contributed by atoms with Crippen LogP contribution in [-0.4, -0.2) is 17.0 Å². The van der Waals surface area contributed by atoms with E-state index in [1.165, 1.54) is 16.7 Å². The van der Waals surface area contributed by atoms with Gasteiger partial charge in [-0.3, -0.25) is 0 Å². The topological polar surface area (TPSA) is 37.8 Å². The van der Waals surface area contributed by atoms with Crippen LogP contribution in [0.5, 0.6) is 0 Å². The Morgan fingerprint density at radius 1 is 1.20 bits per heavy atom. The number of aryl methyl sites for hydroxylation is 1. The average molecular weight is 267 g/mol. The van der Waals surface area contributed by atoms with E-state index in [0.717, 1.165) is 23.8 Å². The Kier molecular flexibility index (Phi) is 3.20. The van der Waals surface area contributed by atoms with E-state index in [1.807, 2.05) is 7.05 Å². The van der Waals surface area contributed by atoms with E-state index < -0.39 is 0 Å². The van der Waals surface area contributed by atoms with E-state index in [9.17, 15) is 0 Å². The number of anilines is 1. The fourth-order valence-electron chi connectivity index (χ4n) is 3.13. The highest BCUT2D eigenvalue weighted by atomic mass is 15.0. The van der Waals surface area contributed by atoms with Crippen LogP contribution >= 0.6 is 0 Å². The second-order valence-electron chi connectivity index (χ2n) is 5.79. The molecular formula is C17H21N3. The molecule has 3 rings (SSSR count). The Morgan fingerprint density at radius 3 is 2.60 bits per heavy atom. The van der Waals surface area contributed by atoms with Crippen molar-refractivity contribution in [2.45, 2.75) is 39.0 Å². The van der Waals surface area contributed by atoms with Gasteiger partial charge in [0, 0.05) is 24.2 Å². The van der Waals surface area contributed by atoms with Gasteiger partial charge in [0.1, 0.15) is 11.6 Å². The van der Waals surface area contributed by atoms with Crippen molar-refractivity contribution in [3.8, 4) is 0 Å². The van der Waals surface area contributed by atoms with Crippen LogP contribution in [0.25, 0.3) is 0 Å². The van der Waals surface area contributed by atoms with E-state index in [0.29, 0.717) is 11.8 Å². The smallest absolute Gasteiger partial charge is 0.138 e. The van der Waals surface area contributed by atoms with Crippen molar-refractivity contribution in [3.63, 3.8) is 0 Å². The summed E-state index contributed by atoms with van der Waals surface area (Å²) in [6, 6.07) is 8.58. The molecule has 1 unspecified atom stereocenters. The van der Waals surface area contributed by atoms with Crippen LogP contribution in [0.4, 0.5) is 5.82 Å². The summed E-state index contributed by atoms with van der Waals surface area (Å²) in [5.74, 6) is 2.72. The van der Waals surface area contributed by atoms with Crippen LogP contribution in [0.3, 0.4) is 0 Å². The molecule has 0 bridgehead atoms.